The van der Waals surface area contributed by atoms with Crippen LogP contribution in [0.15, 0.2) is 57.7 Å². The van der Waals surface area contributed by atoms with Crippen molar-refractivity contribution in [3.05, 3.63) is 64.3 Å². The van der Waals surface area contributed by atoms with Gasteiger partial charge in [0, 0.05) is 12.5 Å². The Hall–Kier alpha value is -2.88. The molecule has 0 radical (unpaired) electrons. The third-order valence-electron chi connectivity index (χ3n) is 3.29. The molecule has 22 heavy (non-hydrogen) atoms. The Morgan fingerprint density at radius 2 is 1.82 bits per heavy atom. The Kier molecular flexibility index (Phi) is 3.51. The predicted molar refractivity (Wildman–Crippen MR) is 84.0 cm³/mol. The monoisotopic (exact) mass is 294 g/mol. The van der Waals surface area contributed by atoms with Gasteiger partial charge in [0.1, 0.15) is 5.58 Å². The number of ether oxygens (including phenoxy) is 1. The molecule has 110 valence electrons. The lowest BCUT2D eigenvalue weighted by Crippen LogP contribution is -2.13. The summed E-state index contributed by atoms with van der Waals surface area (Å²) in [5.74, 6) is -0.370. The normalized spacial score (nSPS) is 10.6. The molecule has 0 saturated heterocycles. The zero-order chi connectivity index (χ0) is 15.7. The summed E-state index contributed by atoms with van der Waals surface area (Å²) in [6.07, 6.45) is 0. The summed E-state index contributed by atoms with van der Waals surface area (Å²) in [4.78, 5) is 24.0. The van der Waals surface area contributed by atoms with Crippen molar-refractivity contribution in [1.29, 1.82) is 0 Å². The molecule has 0 saturated carbocycles. The highest BCUT2D eigenvalue weighted by atomic mass is 16.5. The minimum absolute atomic E-state index is 0.0724. The summed E-state index contributed by atoms with van der Waals surface area (Å²) in [6, 6.07) is 14.4. The number of hydrogen-bond donors (Lipinski definition) is 0. The molecule has 0 N–H and O–H groups in total. The molecule has 0 amide bonds. The van der Waals surface area contributed by atoms with Gasteiger partial charge >= 0.3 is 5.97 Å². The van der Waals surface area contributed by atoms with Crippen LogP contribution in [0, 0.1) is 6.92 Å². The Morgan fingerprint density at radius 3 is 2.50 bits per heavy atom. The van der Waals surface area contributed by atoms with E-state index in [9.17, 15) is 9.59 Å². The largest absolute Gasteiger partial charge is 0.452 e. The first-order valence-corrected chi connectivity index (χ1v) is 6.87. The van der Waals surface area contributed by atoms with Gasteiger partial charge < -0.3 is 9.15 Å². The van der Waals surface area contributed by atoms with Crippen molar-refractivity contribution < 1.29 is 13.9 Å². The summed E-state index contributed by atoms with van der Waals surface area (Å²) in [7, 11) is 0. The maximum Gasteiger partial charge on any atom is 0.308 e. The lowest BCUT2D eigenvalue weighted by Gasteiger charge is -2.09. The summed E-state index contributed by atoms with van der Waals surface area (Å²) < 4.78 is 11.0. The minimum atomic E-state index is -0.559. The molecule has 4 nitrogen and oxygen atoms in total. The summed E-state index contributed by atoms with van der Waals surface area (Å²) in [6.45, 7) is 3.14. The first kappa shape index (κ1) is 14.1. The van der Waals surface area contributed by atoms with Crippen LogP contribution in [-0.2, 0) is 4.79 Å². The number of esters is 1. The lowest BCUT2D eigenvalue weighted by atomic mass is 10.1. The van der Waals surface area contributed by atoms with Crippen LogP contribution in [0.2, 0.25) is 0 Å². The van der Waals surface area contributed by atoms with E-state index in [1.165, 1.54) is 6.92 Å². The number of carbonyl (C=O) groups is 1. The second-order valence-corrected chi connectivity index (χ2v) is 5.05. The quantitative estimate of drug-likeness (QED) is 0.676. The first-order chi connectivity index (χ1) is 10.6. The minimum Gasteiger partial charge on any atom is -0.452 e. The summed E-state index contributed by atoms with van der Waals surface area (Å²) >= 11 is 0. The van der Waals surface area contributed by atoms with Gasteiger partial charge in [0.2, 0.25) is 11.2 Å². The van der Waals surface area contributed by atoms with Crippen LogP contribution in [0.5, 0.6) is 5.75 Å². The maximum absolute atomic E-state index is 12.7. The Balaban J connectivity index is 2.37. The molecular weight excluding hydrogens is 280 g/mol. The second kappa shape index (κ2) is 5.48. The Labute approximate surface area is 127 Å². The van der Waals surface area contributed by atoms with Crippen molar-refractivity contribution in [1.82, 2.24) is 0 Å². The van der Waals surface area contributed by atoms with E-state index in [1.54, 1.807) is 24.3 Å². The van der Waals surface area contributed by atoms with E-state index in [1.807, 2.05) is 31.2 Å². The number of hydrogen-bond acceptors (Lipinski definition) is 4. The highest BCUT2D eigenvalue weighted by Gasteiger charge is 2.19. The lowest BCUT2D eigenvalue weighted by molar-refractivity contribution is -0.131. The molecule has 3 rings (SSSR count). The van der Waals surface area contributed by atoms with Gasteiger partial charge in [-0.2, -0.15) is 0 Å². The van der Waals surface area contributed by atoms with Crippen LogP contribution >= 0.6 is 0 Å². The molecule has 0 aliphatic carbocycles. The van der Waals surface area contributed by atoms with Crippen LogP contribution < -0.4 is 10.2 Å². The standard InChI is InChI=1S/C18H14O4/c1-11-8-9-15-14(10-11)16(20)18(21-12(2)19)17(22-15)13-6-4-3-5-7-13/h3-10H,1-2H3. The van der Waals surface area contributed by atoms with E-state index in [2.05, 4.69) is 0 Å². The van der Waals surface area contributed by atoms with Crippen LogP contribution in [0.3, 0.4) is 0 Å². The molecule has 0 spiro atoms. The SMILES string of the molecule is CC(=O)Oc1c(-c2ccccc2)oc2ccc(C)cc2c1=O. The Bertz CT molecular complexity index is 908. The Morgan fingerprint density at radius 1 is 1.09 bits per heavy atom. The van der Waals surface area contributed by atoms with Gasteiger partial charge in [-0.05, 0) is 19.1 Å². The van der Waals surface area contributed by atoms with Crippen LogP contribution in [-0.4, -0.2) is 5.97 Å². The van der Waals surface area contributed by atoms with Crippen molar-refractivity contribution >= 4 is 16.9 Å². The molecule has 0 atom stereocenters. The maximum atomic E-state index is 12.7. The number of fused-ring (bicyclic) bond motifs is 1. The molecular formula is C18H14O4. The summed E-state index contributed by atoms with van der Waals surface area (Å²) in [5.41, 5.74) is 1.73. The van der Waals surface area contributed by atoms with Gasteiger partial charge in [0.25, 0.3) is 0 Å². The average molecular weight is 294 g/mol. The van der Waals surface area contributed by atoms with Crippen LogP contribution in [0.4, 0.5) is 0 Å². The fourth-order valence-corrected chi connectivity index (χ4v) is 2.31. The average Bonchev–Trinajstić information content (AvgIpc) is 2.51. The van der Waals surface area contributed by atoms with E-state index in [0.717, 1.165) is 5.56 Å². The van der Waals surface area contributed by atoms with Gasteiger partial charge in [-0.25, -0.2) is 0 Å². The van der Waals surface area contributed by atoms with Gasteiger partial charge in [0.15, 0.2) is 5.76 Å². The molecule has 0 fully saturated rings. The first-order valence-electron chi connectivity index (χ1n) is 6.87. The fraction of sp³-hybridized carbons (Fsp3) is 0.111. The molecule has 4 heteroatoms. The number of carbonyl (C=O) groups excluding carboxylic acids is 1. The van der Waals surface area contributed by atoms with E-state index >= 15 is 0 Å². The molecule has 0 bridgehead atoms. The van der Waals surface area contributed by atoms with Gasteiger partial charge in [-0.3, -0.25) is 9.59 Å². The third-order valence-corrected chi connectivity index (χ3v) is 3.29. The van der Waals surface area contributed by atoms with E-state index in [0.29, 0.717) is 16.5 Å². The number of rotatable bonds is 2. The van der Waals surface area contributed by atoms with E-state index < -0.39 is 5.97 Å². The molecule has 0 unspecified atom stereocenters. The molecule has 1 aromatic heterocycles. The molecule has 0 aliphatic rings. The molecule has 3 aromatic rings. The van der Waals surface area contributed by atoms with Gasteiger partial charge in [-0.15, -0.1) is 0 Å². The van der Waals surface area contributed by atoms with Crippen molar-refractivity contribution in [3.8, 4) is 17.1 Å². The zero-order valence-electron chi connectivity index (χ0n) is 12.3. The number of benzene rings is 2. The van der Waals surface area contributed by atoms with Gasteiger partial charge in [-0.1, -0.05) is 42.0 Å². The predicted octanol–water partition coefficient (Wildman–Crippen LogP) is 3.69. The smallest absolute Gasteiger partial charge is 0.308 e. The van der Waals surface area contributed by atoms with Crippen molar-refractivity contribution in [2.24, 2.45) is 0 Å². The van der Waals surface area contributed by atoms with Crippen LogP contribution in [0.25, 0.3) is 22.3 Å². The van der Waals surface area contributed by atoms with E-state index in [4.69, 9.17) is 9.15 Å². The topological polar surface area (TPSA) is 56.5 Å². The van der Waals surface area contributed by atoms with Gasteiger partial charge in [0.05, 0.1) is 5.39 Å². The molecule has 2 aromatic carbocycles. The van der Waals surface area contributed by atoms with Crippen LogP contribution in [0.1, 0.15) is 12.5 Å². The number of aryl methyl sites for hydroxylation is 1. The van der Waals surface area contributed by atoms with Crippen molar-refractivity contribution in [2.75, 3.05) is 0 Å². The fourth-order valence-electron chi connectivity index (χ4n) is 2.31. The van der Waals surface area contributed by atoms with Crippen molar-refractivity contribution in [2.45, 2.75) is 13.8 Å². The summed E-state index contributed by atoms with van der Waals surface area (Å²) in [5, 5.41) is 0.399. The highest BCUT2D eigenvalue weighted by Crippen LogP contribution is 2.31. The molecule has 1 heterocycles. The van der Waals surface area contributed by atoms with Crippen molar-refractivity contribution in [3.63, 3.8) is 0 Å². The zero-order valence-corrected chi connectivity index (χ0v) is 12.3. The highest BCUT2D eigenvalue weighted by molar-refractivity contribution is 5.84. The second-order valence-electron chi connectivity index (χ2n) is 5.05. The molecule has 0 aliphatic heterocycles. The van der Waals surface area contributed by atoms with E-state index in [-0.39, 0.29) is 16.9 Å². The third kappa shape index (κ3) is 2.51.